The number of piperidine rings is 1. The Kier molecular flexibility index (Phi) is 3.13. The van der Waals surface area contributed by atoms with Crippen molar-refractivity contribution in [2.45, 2.75) is 55.3 Å². The van der Waals surface area contributed by atoms with Gasteiger partial charge in [0, 0.05) is 24.6 Å². The van der Waals surface area contributed by atoms with Crippen LogP contribution < -0.4 is 9.47 Å². The van der Waals surface area contributed by atoms with E-state index >= 15 is 0 Å². The standard InChI is InChI=1S/C22H27NO4/c1-25-15-6-5-14-11-17-22(24)8-7-16(26-2)20-21(22,18(14)19(15)27-20)9-10-23(17)12-13-3-4-13/h5-7,13,17,20,24H,3-4,8-12H2,1-2H3. The van der Waals surface area contributed by atoms with E-state index in [4.69, 9.17) is 14.2 Å². The van der Waals surface area contributed by atoms with Gasteiger partial charge in [0.1, 0.15) is 5.76 Å². The lowest BCUT2D eigenvalue weighted by Gasteiger charge is -2.62. The molecular weight excluding hydrogens is 342 g/mol. The Balaban J connectivity index is 1.57. The van der Waals surface area contributed by atoms with Crippen molar-refractivity contribution in [3.05, 3.63) is 35.1 Å². The molecule has 5 aliphatic rings. The zero-order valence-corrected chi connectivity index (χ0v) is 16.0. The van der Waals surface area contributed by atoms with E-state index in [1.54, 1.807) is 14.2 Å². The summed E-state index contributed by atoms with van der Waals surface area (Å²) >= 11 is 0. The van der Waals surface area contributed by atoms with Gasteiger partial charge in [-0.15, -0.1) is 0 Å². The molecule has 2 fully saturated rings. The van der Waals surface area contributed by atoms with Crippen molar-refractivity contribution >= 4 is 0 Å². The smallest absolute Gasteiger partial charge is 0.168 e. The molecular formula is C22H27NO4. The molecule has 2 bridgehead atoms. The fraction of sp³-hybridized carbons (Fsp3) is 0.636. The summed E-state index contributed by atoms with van der Waals surface area (Å²) in [7, 11) is 3.39. The van der Waals surface area contributed by atoms with E-state index in [0.29, 0.717) is 6.42 Å². The average Bonchev–Trinajstić information content (AvgIpc) is 3.41. The summed E-state index contributed by atoms with van der Waals surface area (Å²) < 4.78 is 17.8. The van der Waals surface area contributed by atoms with Crippen molar-refractivity contribution in [3.63, 3.8) is 0 Å². The molecule has 5 heteroatoms. The van der Waals surface area contributed by atoms with Gasteiger partial charge >= 0.3 is 0 Å². The third kappa shape index (κ3) is 1.82. The number of rotatable bonds is 4. The highest BCUT2D eigenvalue weighted by atomic mass is 16.6. The van der Waals surface area contributed by atoms with Crippen LogP contribution in [0.4, 0.5) is 0 Å². The summed E-state index contributed by atoms with van der Waals surface area (Å²) in [4.78, 5) is 2.57. The maximum absolute atomic E-state index is 12.2. The largest absolute Gasteiger partial charge is 0.497 e. The summed E-state index contributed by atoms with van der Waals surface area (Å²) in [5.74, 6) is 3.24. The van der Waals surface area contributed by atoms with E-state index in [2.05, 4.69) is 17.0 Å². The van der Waals surface area contributed by atoms with Crippen LogP contribution in [0, 0.1) is 5.92 Å². The molecule has 144 valence electrons. The highest BCUT2D eigenvalue weighted by Crippen LogP contribution is 2.65. The Morgan fingerprint density at radius 1 is 1.26 bits per heavy atom. The summed E-state index contributed by atoms with van der Waals surface area (Å²) in [6, 6.07) is 4.34. The number of likely N-dealkylation sites (tertiary alicyclic amines) is 1. The minimum atomic E-state index is -0.822. The molecule has 0 aromatic heterocycles. The molecule has 0 radical (unpaired) electrons. The fourth-order valence-electron chi connectivity index (χ4n) is 6.41. The lowest BCUT2D eigenvalue weighted by Crippen LogP contribution is -2.75. The lowest BCUT2D eigenvalue weighted by atomic mass is 9.50. The third-order valence-corrected chi connectivity index (χ3v) is 7.83. The number of aliphatic hydroxyl groups is 1. The first kappa shape index (κ1) is 16.3. The molecule has 4 atom stereocenters. The molecule has 1 saturated heterocycles. The Hall–Kier alpha value is -1.72. The molecule has 1 spiro atoms. The molecule has 4 unspecified atom stereocenters. The topological polar surface area (TPSA) is 51.2 Å². The van der Waals surface area contributed by atoms with Crippen molar-refractivity contribution in [2.24, 2.45) is 5.92 Å². The lowest BCUT2D eigenvalue weighted by molar-refractivity contribution is -0.169. The number of hydrogen-bond acceptors (Lipinski definition) is 5. The van der Waals surface area contributed by atoms with Crippen LogP contribution in [0.5, 0.6) is 11.5 Å². The van der Waals surface area contributed by atoms with Gasteiger partial charge < -0.3 is 19.3 Å². The zero-order valence-electron chi connectivity index (χ0n) is 16.0. The Morgan fingerprint density at radius 2 is 2.11 bits per heavy atom. The number of methoxy groups -OCH3 is 2. The van der Waals surface area contributed by atoms with Crippen molar-refractivity contribution in [2.75, 3.05) is 27.3 Å². The molecule has 0 amide bonds. The van der Waals surface area contributed by atoms with E-state index in [1.165, 1.54) is 24.0 Å². The number of ether oxygens (including phenoxy) is 3. The van der Waals surface area contributed by atoms with Crippen LogP contribution >= 0.6 is 0 Å². The molecule has 2 aliphatic heterocycles. The Bertz CT molecular complexity index is 847. The molecule has 2 heterocycles. The van der Waals surface area contributed by atoms with Crippen molar-refractivity contribution in [1.29, 1.82) is 0 Å². The SMILES string of the molecule is COC1=CCC2(O)C3Cc4ccc(OC)c5c4C2(CCN3CC2CC2)C1O5. The van der Waals surface area contributed by atoms with Crippen molar-refractivity contribution in [1.82, 2.24) is 4.90 Å². The first-order valence-electron chi connectivity index (χ1n) is 10.2. The maximum atomic E-state index is 12.2. The number of hydrogen-bond donors (Lipinski definition) is 1. The van der Waals surface area contributed by atoms with Gasteiger partial charge in [-0.05, 0) is 55.9 Å². The van der Waals surface area contributed by atoms with Gasteiger partial charge in [-0.3, -0.25) is 4.90 Å². The average molecular weight is 369 g/mol. The van der Waals surface area contributed by atoms with Gasteiger partial charge in [-0.25, -0.2) is 0 Å². The van der Waals surface area contributed by atoms with E-state index in [1.807, 2.05) is 6.07 Å². The first-order valence-corrected chi connectivity index (χ1v) is 10.2. The molecule has 3 aliphatic carbocycles. The van der Waals surface area contributed by atoms with Gasteiger partial charge in [-0.1, -0.05) is 6.07 Å². The maximum Gasteiger partial charge on any atom is 0.168 e. The number of benzene rings is 1. The van der Waals surface area contributed by atoms with Crippen LogP contribution in [0.2, 0.25) is 0 Å². The second kappa shape index (κ2) is 5.21. The van der Waals surface area contributed by atoms with Crippen molar-refractivity contribution in [3.8, 4) is 11.5 Å². The van der Waals surface area contributed by atoms with Crippen LogP contribution in [0.1, 0.15) is 36.8 Å². The molecule has 27 heavy (non-hydrogen) atoms. The highest BCUT2D eigenvalue weighted by molar-refractivity contribution is 5.64. The molecule has 6 rings (SSSR count). The molecule has 5 nitrogen and oxygen atoms in total. The third-order valence-electron chi connectivity index (χ3n) is 7.83. The second-order valence-electron chi connectivity index (χ2n) is 8.95. The van der Waals surface area contributed by atoms with E-state index in [-0.39, 0.29) is 12.1 Å². The quantitative estimate of drug-likeness (QED) is 0.883. The first-order chi connectivity index (χ1) is 13.1. The van der Waals surface area contributed by atoms with Gasteiger partial charge in [0.05, 0.1) is 25.2 Å². The predicted molar refractivity (Wildman–Crippen MR) is 100 cm³/mol. The molecule has 1 saturated carbocycles. The van der Waals surface area contributed by atoms with Gasteiger partial charge in [0.2, 0.25) is 0 Å². The summed E-state index contributed by atoms with van der Waals surface area (Å²) in [6.07, 6.45) is 6.86. The van der Waals surface area contributed by atoms with Gasteiger partial charge in [-0.2, -0.15) is 0 Å². The second-order valence-corrected chi connectivity index (χ2v) is 8.95. The monoisotopic (exact) mass is 369 g/mol. The van der Waals surface area contributed by atoms with Crippen LogP contribution in [0.15, 0.2) is 24.0 Å². The van der Waals surface area contributed by atoms with Crippen LogP contribution in [0.3, 0.4) is 0 Å². The van der Waals surface area contributed by atoms with E-state index in [9.17, 15) is 5.11 Å². The highest BCUT2D eigenvalue weighted by Gasteiger charge is 2.72. The van der Waals surface area contributed by atoms with Crippen LogP contribution in [0.25, 0.3) is 0 Å². The van der Waals surface area contributed by atoms with Gasteiger partial charge in [0.25, 0.3) is 0 Å². The zero-order chi connectivity index (χ0) is 18.4. The van der Waals surface area contributed by atoms with Crippen molar-refractivity contribution < 1.29 is 19.3 Å². The normalized spacial score (nSPS) is 38.7. The van der Waals surface area contributed by atoms with E-state index < -0.39 is 11.0 Å². The Labute approximate surface area is 159 Å². The molecule has 1 aromatic rings. The fourth-order valence-corrected chi connectivity index (χ4v) is 6.41. The van der Waals surface area contributed by atoms with Gasteiger partial charge in [0.15, 0.2) is 17.6 Å². The van der Waals surface area contributed by atoms with Crippen LogP contribution in [-0.2, 0) is 16.6 Å². The molecule has 1 aromatic carbocycles. The minimum absolute atomic E-state index is 0.138. The van der Waals surface area contributed by atoms with E-state index in [0.717, 1.165) is 49.1 Å². The minimum Gasteiger partial charge on any atom is -0.497 e. The Morgan fingerprint density at radius 3 is 2.85 bits per heavy atom. The summed E-state index contributed by atoms with van der Waals surface area (Å²) in [5, 5.41) is 12.2. The summed E-state index contributed by atoms with van der Waals surface area (Å²) in [6.45, 7) is 2.13. The summed E-state index contributed by atoms with van der Waals surface area (Å²) in [5.41, 5.74) is 1.23. The molecule has 1 N–H and O–H groups in total. The number of nitrogens with zero attached hydrogens (tertiary/aromatic N) is 1. The van der Waals surface area contributed by atoms with Crippen LogP contribution in [-0.4, -0.2) is 55.1 Å². The predicted octanol–water partition coefficient (Wildman–Crippen LogP) is 2.40.